The lowest BCUT2D eigenvalue weighted by atomic mass is 10.0. The van der Waals surface area contributed by atoms with Crippen molar-refractivity contribution in [2.75, 3.05) is 13.1 Å². The van der Waals surface area contributed by atoms with E-state index in [4.69, 9.17) is 5.21 Å². The number of carbonyl (C=O) groups is 2. The van der Waals surface area contributed by atoms with E-state index < -0.39 is 5.91 Å². The number of amides is 2. The number of nitrogens with one attached hydrogen (secondary N) is 1. The van der Waals surface area contributed by atoms with Crippen LogP contribution in [0.5, 0.6) is 0 Å². The highest BCUT2D eigenvalue weighted by atomic mass is 16.5. The maximum Gasteiger partial charge on any atom is 0.274 e. The van der Waals surface area contributed by atoms with Gasteiger partial charge in [-0.15, -0.1) is 0 Å². The minimum atomic E-state index is -0.525. The molecule has 7 nitrogen and oxygen atoms in total. The summed E-state index contributed by atoms with van der Waals surface area (Å²) >= 11 is 0. The fourth-order valence-corrected chi connectivity index (χ4v) is 4.42. The molecule has 1 fully saturated rings. The summed E-state index contributed by atoms with van der Waals surface area (Å²) in [6.45, 7) is 6.28. The number of piperazine rings is 1. The average Bonchev–Trinajstić information content (AvgIpc) is 2.86. The summed E-state index contributed by atoms with van der Waals surface area (Å²) in [4.78, 5) is 33.3. The van der Waals surface area contributed by atoms with E-state index in [1.54, 1.807) is 30.0 Å². The molecule has 1 aliphatic heterocycles. The van der Waals surface area contributed by atoms with E-state index in [2.05, 4.69) is 23.7 Å². The predicted octanol–water partition coefficient (Wildman–Crippen LogP) is 3.60. The Labute approximate surface area is 193 Å². The van der Waals surface area contributed by atoms with E-state index in [1.165, 1.54) is 0 Å². The number of benzene rings is 2. The van der Waals surface area contributed by atoms with Crippen molar-refractivity contribution >= 4 is 11.8 Å². The highest BCUT2D eigenvalue weighted by molar-refractivity contribution is 5.95. The van der Waals surface area contributed by atoms with E-state index in [0.717, 1.165) is 23.2 Å². The molecule has 2 atom stereocenters. The highest BCUT2D eigenvalue weighted by Gasteiger charge is 2.32. The van der Waals surface area contributed by atoms with Gasteiger partial charge >= 0.3 is 0 Å². The molecule has 0 bridgehead atoms. The van der Waals surface area contributed by atoms with Crippen LogP contribution < -0.4 is 5.48 Å². The minimum absolute atomic E-state index is 0.0402. The van der Waals surface area contributed by atoms with Crippen LogP contribution in [0.25, 0.3) is 11.1 Å². The molecular weight excluding hydrogens is 416 g/mol. The number of aromatic nitrogens is 1. The Morgan fingerprint density at radius 3 is 2.30 bits per heavy atom. The second kappa shape index (κ2) is 9.94. The summed E-state index contributed by atoms with van der Waals surface area (Å²) in [5, 5.41) is 8.77. The van der Waals surface area contributed by atoms with Crippen molar-refractivity contribution in [3.05, 3.63) is 89.7 Å². The quantitative estimate of drug-likeness (QED) is 0.464. The Bertz CT molecular complexity index is 1110. The molecule has 1 aromatic heterocycles. The van der Waals surface area contributed by atoms with Crippen LogP contribution in [0.4, 0.5) is 0 Å². The summed E-state index contributed by atoms with van der Waals surface area (Å²) in [5.41, 5.74) is 5.78. The maximum absolute atomic E-state index is 13.3. The molecule has 0 radical (unpaired) electrons. The Balaban J connectivity index is 1.43. The van der Waals surface area contributed by atoms with Crippen LogP contribution in [-0.2, 0) is 6.54 Å². The standard InChI is InChI=1S/C26H28N4O3/c1-18-15-29(26(32)23-6-3-5-22(13-23)24-7-4-12-27-14-24)16-19(2)30(18)17-20-8-10-21(11-9-20)25(31)28-33/h3-14,18-19,33H,15-17H2,1-2H3,(H,28,31). The zero-order valence-corrected chi connectivity index (χ0v) is 18.8. The van der Waals surface area contributed by atoms with Crippen molar-refractivity contribution in [1.82, 2.24) is 20.3 Å². The first-order chi connectivity index (χ1) is 16.0. The SMILES string of the molecule is CC1CN(C(=O)c2cccc(-c3cccnc3)c2)CC(C)N1Cc1ccc(C(=O)NO)cc1. The Kier molecular flexibility index (Phi) is 6.82. The van der Waals surface area contributed by atoms with Crippen LogP contribution in [0.1, 0.15) is 40.1 Å². The molecule has 2 aromatic carbocycles. The molecule has 2 heterocycles. The van der Waals surface area contributed by atoms with Gasteiger partial charge in [-0.05, 0) is 55.3 Å². The Morgan fingerprint density at radius 2 is 1.67 bits per heavy atom. The fourth-order valence-electron chi connectivity index (χ4n) is 4.42. The molecule has 33 heavy (non-hydrogen) atoms. The van der Waals surface area contributed by atoms with Gasteiger partial charge in [-0.1, -0.05) is 30.3 Å². The summed E-state index contributed by atoms with van der Waals surface area (Å²) in [7, 11) is 0. The first-order valence-corrected chi connectivity index (χ1v) is 11.0. The molecule has 7 heteroatoms. The van der Waals surface area contributed by atoms with Gasteiger partial charge in [-0.25, -0.2) is 5.48 Å². The molecule has 2 amide bonds. The number of pyridine rings is 1. The third-order valence-electron chi connectivity index (χ3n) is 6.18. The molecular formula is C26H28N4O3. The van der Waals surface area contributed by atoms with Crippen LogP contribution in [-0.4, -0.2) is 57.0 Å². The second-order valence-corrected chi connectivity index (χ2v) is 8.54. The molecule has 0 aliphatic carbocycles. The lowest BCUT2D eigenvalue weighted by Gasteiger charge is -2.44. The van der Waals surface area contributed by atoms with Gasteiger partial charge in [0, 0.05) is 60.8 Å². The average molecular weight is 445 g/mol. The molecule has 2 unspecified atom stereocenters. The second-order valence-electron chi connectivity index (χ2n) is 8.54. The van der Waals surface area contributed by atoms with Crippen LogP contribution in [0.3, 0.4) is 0 Å². The monoisotopic (exact) mass is 444 g/mol. The molecule has 3 aromatic rings. The summed E-state index contributed by atoms with van der Waals surface area (Å²) in [5.74, 6) is -0.485. The van der Waals surface area contributed by atoms with Gasteiger partial charge in [-0.2, -0.15) is 0 Å². The van der Waals surface area contributed by atoms with Crippen molar-refractivity contribution in [2.24, 2.45) is 0 Å². The molecule has 2 N–H and O–H groups in total. The van der Waals surface area contributed by atoms with Crippen LogP contribution >= 0.6 is 0 Å². The third kappa shape index (κ3) is 5.10. The first-order valence-electron chi connectivity index (χ1n) is 11.0. The molecule has 170 valence electrons. The van der Waals surface area contributed by atoms with Gasteiger partial charge in [0.2, 0.25) is 0 Å². The van der Waals surface area contributed by atoms with Crippen molar-refractivity contribution < 1.29 is 14.8 Å². The molecule has 0 spiro atoms. The topological polar surface area (TPSA) is 85.8 Å². The van der Waals surface area contributed by atoms with E-state index in [-0.39, 0.29) is 18.0 Å². The zero-order valence-electron chi connectivity index (χ0n) is 18.8. The Hall–Kier alpha value is -3.55. The fraction of sp³-hybridized carbons (Fsp3) is 0.269. The predicted molar refractivity (Wildman–Crippen MR) is 126 cm³/mol. The lowest BCUT2D eigenvalue weighted by molar-refractivity contribution is 0.0270. The van der Waals surface area contributed by atoms with Gasteiger partial charge < -0.3 is 4.90 Å². The van der Waals surface area contributed by atoms with Gasteiger partial charge in [0.1, 0.15) is 0 Å². The number of nitrogens with zero attached hydrogens (tertiary/aromatic N) is 3. The van der Waals surface area contributed by atoms with Gasteiger partial charge in [0.15, 0.2) is 0 Å². The van der Waals surface area contributed by atoms with Crippen molar-refractivity contribution in [1.29, 1.82) is 0 Å². The third-order valence-corrected chi connectivity index (χ3v) is 6.18. The highest BCUT2D eigenvalue weighted by Crippen LogP contribution is 2.23. The number of hydrogen-bond donors (Lipinski definition) is 2. The number of rotatable bonds is 5. The van der Waals surface area contributed by atoms with Gasteiger partial charge in [0.25, 0.3) is 11.8 Å². The molecule has 0 saturated carbocycles. The number of hydrogen-bond acceptors (Lipinski definition) is 5. The molecule has 1 aliphatic rings. The number of carbonyl (C=O) groups excluding carboxylic acids is 2. The van der Waals surface area contributed by atoms with Crippen molar-refractivity contribution in [3.8, 4) is 11.1 Å². The van der Waals surface area contributed by atoms with Gasteiger partial charge in [-0.3, -0.25) is 24.7 Å². The summed E-state index contributed by atoms with van der Waals surface area (Å²) < 4.78 is 0. The molecule has 1 saturated heterocycles. The van der Waals surface area contributed by atoms with Gasteiger partial charge in [0.05, 0.1) is 0 Å². The minimum Gasteiger partial charge on any atom is -0.336 e. The smallest absolute Gasteiger partial charge is 0.274 e. The van der Waals surface area contributed by atoms with Crippen molar-refractivity contribution in [2.45, 2.75) is 32.5 Å². The van der Waals surface area contributed by atoms with Crippen LogP contribution in [0, 0.1) is 0 Å². The largest absolute Gasteiger partial charge is 0.336 e. The van der Waals surface area contributed by atoms with Crippen LogP contribution in [0.15, 0.2) is 73.1 Å². The zero-order chi connectivity index (χ0) is 23.4. The van der Waals surface area contributed by atoms with Crippen LogP contribution in [0.2, 0.25) is 0 Å². The first kappa shape index (κ1) is 22.6. The van der Waals surface area contributed by atoms with E-state index in [9.17, 15) is 9.59 Å². The maximum atomic E-state index is 13.3. The van der Waals surface area contributed by atoms with Crippen molar-refractivity contribution in [3.63, 3.8) is 0 Å². The lowest BCUT2D eigenvalue weighted by Crippen LogP contribution is -2.57. The van der Waals surface area contributed by atoms with E-state index in [1.807, 2.05) is 53.4 Å². The molecule has 4 rings (SSSR count). The normalized spacial score (nSPS) is 18.7. The Morgan fingerprint density at radius 1 is 0.970 bits per heavy atom. The number of hydroxylamine groups is 1. The van der Waals surface area contributed by atoms with E-state index >= 15 is 0 Å². The summed E-state index contributed by atoms with van der Waals surface area (Å²) in [6.07, 6.45) is 3.54. The van der Waals surface area contributed by atoms with E-state index in [0.29, 0.717) is 24.2 Å². The summed E-state index contributed by atoms with van der Waals surface area (Å²) in [6, 6.07) is 19.1.